The quantitative estimate of drug-likeness (QED) is 0.873. The van der Waals surface area contributed by atoms with E-state index < -0.39 is 23.5 Å². The standard InChI is InChI=1S/C14H15FO2/c1-9(11(16)17)13-7-14(8-13,12(13)15)10-5-3-2-4-6-10/h2-6,9,12H,7-8H2,1H3,(H,16,17). The van der Waals surface area contributed by atoms with Gasteiger partial charge in [-0.25, -0.2) is 4.39 Å². The summed E-state index contributed by atoms with van der Waals surface area (Å²) in [6.07, 6.45) is 0.362. The second-order valence-corrected chi connectivity index (χ2v) is 5.53. The third-order valence-corrected chi connectivity index (χ3v) is 4.86. The van der Waals surface area contributed by atoms with Crippen LogP contribution < -0.4 is 0 Å². The first-order valence-electron chi connectivity index (χ1n) is 5.95. The summed E-state index contributed by atoms with van der Waals surface area (Å²) in [5.74, 6) is -1.46. The zero-order valence-electron chi connectivity index (χ0n) is 9.69. The highest BCUT2D eigenvalue weighted by Crippen LogP contribution is 2.77. The van der Waals surface area contributed by atoms with Crippen molar-refractivity contribution in [3.8, 4) is 0 Å². The fraction of sp³-hybridized carbons (Fsp3) is 0.500. The van der Waals surface area contributed by atoms with E-state index in [1.165, 1.54) is 0 Å². The van der Waals surface area contributed by atoms with Gasteiger partial charge >= 0.3 is 5.97 Å². The van der Waals surface area contributed by atoms with Crippen molar-refractivity contribution in [3.63, 3.8) is 0 Å². The molecule has 0 saturated heterocycles. The molecule has 4 rings (SSSR count). The van der Waals surface area contributed by atoms with E-state index in [0.29, 0.717) is 12.8 Å². The van der Waals surface area contributed by atoms with Crippen molar-refractivity contribution < 1.29 is 14.3 Å². The van der Waals surface area contributed by atoms with Crippen LogP contribution in [0.2, 0.25) is 0 Å². The van der Waals surface area contributed by atoms with Crippen LogP contribution in [-0.4, -0.2) is 17.2 Å². The Morgan fingerprint density at radius 1 is 1.41 bits per heavy atom. The lowest BCUT2D eigenvalue weighted by Gasteiger charge is -2.74. The van der Waals surface area contributed by atoms with E-state index in [4.69, 9.17) is 5.11 Å². The molecule has 3 fully saturated rings. The van der Waals surface area contributed by atoms with Crippen molar-refractivity contribution in [2.75, 3.05) is 0 Å². The van der Waals surface area contributed by atoms with Gasteiger partial charge in [0.1, 0.15) is 6.17 Å². The van der Waals surface area contributed by atoms with E-state index in [9.17, 15) is 9.18 Å². The predicted octanol–water partition coefficient (Wildman–Crippen LogP) is 2.78. The summed E-state index contributed by atoms with van der Waals surface area (Å²) in [4.78, 5) is 11.0. The fourth-order valence-corrected chi connectivity index (χ4v) is 3.66. The van der Waals surface area contributed by atoms with Gasteiger partial charge in [-0.1, -0.05) is 37.3 Å². The monoisotopic (exact) mass is 234 g/mol. The molecule has 2 atom stereocenters. The molecule has 0 aliphatic heterocycles. The largest absolute Gasteiger partial charge is 0.481 e. The average molecular weight is 234 g/mol. The molecule has 0 aromatic heterocycles. The van der Waals surface area contributed by atoms with Crippen molar-refractivity contribution >= 4 is 5.97 Å². The Labute approximate surface area is 99.5 Å². The Morgan fingerprint density at radius 2 is 2.00 bits per heavy atom. The maximum atomic E-state index is 14.3. The molecule has 17 heavy (non-hydrogen) atoms. The molecular weight excluding hydrogens is 219 g/mol. The van der Waals surface area contributed by atoms with Gasteiger partial charge in [-0.15, -0.1) is 0 Å². The van der Waals surface area contributed by atoms with Crippen molar-refractivity contribution in [1.29, 1.82) is 0 Å². The topological polar surface area (TPSA) is 37.3 Å². The summed E-state index contributed by atoms with van der Waals surface area (Å²) in [5, 5.41) is 9.01. The lowest BCUT2D eigenvalue weighted by Crippen LogP contribution is -2.77. The Hall–Kier alpha value is -1.38. The number of carboxylic acid groups (broad SMARTS) is 1. The van der Waals surface area contributed by atoms with Gasteiger partial charge < -0.3 is 5.11 Å². The SMILES string of the molecule is CC(C(=O)O)C12CC(c3ccccc3)(C1)C2F. The van der Waals surface area contributed by atoms with E-state index in [2.05, 4.69) is 0 Å². The van der Waals surface area contributed by atoms with E-state index in [-0.39, 0.29) is 5.41 Å². The summed E-state index contributed by atoms with van der Waals surface area (Å²) in [6.45, 7) is 1.63. The molecule has 1 N–H and O–H groups in total. The highest BCUT2D eigenvalue weighted by Gasteiger charge is 2.79. The van der Waals surface area contributed by atoms with Gasteiger partial charge in [0.15, 0.2) is 0 Å². The summed E-state index contributed by atoms with van der Waals surface area (Å²) < 4.78 is 14.3. The Kier molecular flexibility index (Phi) is 1.96. The van der Waals surface area contributed by atoms with Gasteiger partial charge in [0.25, 0.3) is 0 Å². The van der Waals surface area contributed by atoms with Crippen molar-refractivity contribution in [3.05, 3.63) is 35.9 Å². The molecule has 1 aromatic carbocycles. The lowest BCUT2D eigenvalue weighted by atomic mass is 9.29. The highest BCUT2D eigenvalue weighted by atomic mass is 19.1. The second-order valence-electron chi connectivity index (χ2n) is 5.53. The number of carboxylic acids is 1. The number of benzene rings is 1. The van der Waals surface area contributed by atoms with Gasteiger partial charge in [0.2, 0.25) is 0 Å². The number of hydrogen-bond donors (Lipinski definition) is 1. The van der Waals surface area contributed by atoms with Crippen molar-refractivity contribution in [1.82, 2.24) is 0 Å². The van der Waals surface area contributed by atoms with Crippen LogP contribution in [0.5, 0.6) is 0 Å². The van der Waals surface area contributed by atoms with Crippen LogP contribution in [0.1, 0.15) is 25.3 Å². The first-order chi connectivity index (χ1) is 8.03. The summed E-state index contributed by atoms with van der Waals surface area (Å²) in [6, 6.07) is 9.63. The molecule has 2 unspecified atom stereocenters. The van der Waals surface area contributed by atoms with Gasteiger partial charge in [0, 0.05) is 10.8 Å². The summed E-state index contributed by atoms with van der Waals surface area (Å²) >= 11 is 0. The van der Waals surface area contributed by atoms with Crippen molar-refractivity contribution in [2.45, 2.75) is 31.4 Å². The maximum Gasteiger partial charge on any atom is 0.306 e. The molecule has 0 spiro atoms. The Bertz CT molecular complexity index is 462. The van der Waals surface area contributed by atoms with Gasteiger partial charge in [-0.3, -0.25) is 4.79 Å². The number of hydrogen-bond acceptors (Lipinski definition) is 1. The van der Waals surface area contributed by atoms with Crippen molar-refractivity contribution in [2.24, 2.45) is 11.3 Å². The van der Waals surface area contributed by atoms with Crippen LogP contribution in [0.25, 0.3) is 0 Å². The lowest BCUT2D eigenvalue weighted by molar-refractivity contribution is -0.255. The van der Waals surface area contributed by atoms with Crippen LogP contribution in [0.4, 0.5) is 4.39 Å². The second kappa shape index (κ2) is 3.09. The number of alkyl halides is 1. The maximum absolute atomic E-state index is 14.3. The molecule has 2 bridgehead atoms. The van der Waals surface area contributed by atoms with Crippen LogP contribution in [0, 0.1) is 11.3 Å². The molecule has 3 heteroatoms. The minimum Gasteiger partial charge on any atom is -0.481 e. The molecule has 3 aliphatic carbocycles. The van der Waals surface area contributed by atoms with Gasteiger partial charge in [-0.05, 0) is 18.4 Å². The number of halogens is 1. The molecule has 0 amide bonds. The number of rotatable bonds is 3. The zero-order chi connectivity index (χ0) is 12.3. The number of carbonyl (C=O) groups is 1. The minimum absolute atomic E-state index is 0.384. The Morgan fingerprint density at radius 3 is 2.47 bits per heavy atom. The Balaban J connectivity index is 1.85. The van der Waals surface area contributed by atoms with Gasteiger partial charge in [0.05, 0.1) is 5.92 Å². The average Bonchev–Trinajstić information content (AvgIpc) is 2.28. The van der Waals surface area contributed by atoms with Crippen LogP contribution in [0.3, 0.4) is 0 Å². The molecule has 2 nitrogen and oxygen atoms in total. The summed E-state index contributed by atoms with van der Waals surface area (Å²) in [7, 11) is 0. The molecule has 3 aliphatic rings. The molecule has 1 aromatic rings. The first-order valence-corrected chi connectivity index (χ1v) is 5.95. The van der Waals surface area contributed by atoms with E-state index in [1.807, 2.05) is 30.3 Å². The molecule has 0 heterocycles. The van der Waals surface area contributed by atoms with E-state index >= 15 is 0 Å². The van der Waals surface area contributed by atoms with Crippen LogP contribution in [0.15, 0.2) is 30.3 Å². The number of aliphatic carboxylic acids is 1. The van der Waals surface area contributed by atoms with Crippen LogP contribution >= 0.6 is 0 Å². The first kappa shape index (κ1) is 10.8. The minimum atomic E-state index is -0.997. The normalized spacial score (nSPS) is 40.0. The molecular formula is C14H15FO2. The fourth-order valence-electron chi connectivity index (χ4n) is 3.66. The predicted molar refractivity (Wildman–Crippen MR) is 61.5 cm³/mol. The third kappa shape index (κ3) is 1.07. The molecule has 3 saturated carbocycles. The highest BCUT2D eigenvalue weighted by molar-refractivity contribution is 5.72. The van der Waals surface area contributed by atoms with Crippen LogP contribution in [-0.2, 0) is 10.2 Å². The third-order valence-electron chi connectivity index (χ3n) is 4.86. The zero-order valence-corrected chi connectivity index (χ0v) is 9.69. The summed E-state index contributed by atoms with van der Waals surface area (Å²) in [5.41, 5.74) is 0.0408. The molecule has 0 radical (unpaired) electrons. The van der Waals surface area contributed by atoms with Gasteiger partial charge in [-0.2, -0.15) is 0 Å². The van der Waals surface area contributed by atoms with E-state index in [0.717, 1.165) is 5.56 Å². The smallest absolute Gasteiger partial charge is 0.306 e. The molecule has 90 valence electrons. The van der Waals surface area contributed by atoms with E-state index in [1.54, 1.807) is 6.92 Å².